The average Bonchev–Trinajstić information content (AvgIpc) is 2.88. The highest BCUT2D eigenvalue weighted by Crippen LogP contribution is 2.36. The summed E-state index contributed by atoms with van der Waals surface area (Å²) in [6, 6.07) is 79.4. The van der Waals surface area contributed by atoms with Gasteiger partial charge in [0.2, 0.25) is 5.95 Å². The lowest BCUT2D eigenvalue weighted by Crippen LogP contribution is -2.15. The van der Waals surface area contributed by atoms with Gasteiger partial charge in [-0.15, -0.1) is 0 Å². The number of fused-ring (bicyclic) bond motifs is 6. The van der Waals surface area contributed by atoms with Crippen molar-refractivity contribution in [1.82, 2.24) is 39.0 Å². The van der Waals surface area contributed by atoms with Crippen molar-refractivity contribution in [2.24, 2.45) is 0 Å². The van der Waals surface area contributed by atoms with E-state index in [0.717, 1.165) is 68.2 Å². The molecular formula is C76H76N8. The van der Waals surface area contributed by atoms with Gasteiger partial charge in [-0.1, -0.05) is 259 Å². The van der Waals surface area contributed by atoms with Crippen molar-refractivity contribution in [3.05, 3.63) is 266 Å². The summed E-state index contributed by atoms with van der Waals surface area (Å²) in [5, 5.41) is 5.00. The van der Waals surface area contributed by atoms with Crippen molar-refractivity contribution in [2.45, 2.75) is 105 Å². The minimum absolute atomic E-state index is 0.00352. The number of para-hydroxylation sites is 4. The van der Waals surface area contributed by atoms with Crippen molar-refractivity contribution in [3.8, 4) is 45.7 Å². The Balaban J connectivity index is 0.000000126. The molecule has 0 saturated heterocycles. The number of hydrogen-bond acceptors (Lipinski definition) is 6. The van der Waals surface area contributed by atoms with E-state index in [1.54, 1.807) is 0 Å². The first-order chi connectivity index (χ1) is 40.2. The number of rotatable bonds is 5. The first kappa shape index (κ1) is 57.8. The second-order valence-electron chi connectivity index (χ2n) is 25.3. The normalized spacial score (nSPS) is 11.8. The molecule has 0 aliphatic rings. The van der Waals surface area contributed by atoms with Crippen molar-refractivity contribution in [3.63, 3.8) is 0 Å². The van der Waals surface area contributed by atoms with E-state index in [4.69, 9.17) is 15.0 Å². The Bertz CT molecular complexity index is 4070. The summed E-state index contributed by atoms with van der Waals surface area (Å²) in [6.07, 6.45) is 3.68. The van der Waals surface area contributed by atoms with Gasteiger partial charge in [0.25, 0.3) is 0 Å². The van der Waals surface area contributed by atoms with Crippen LogP contribution in [0, 0.1) is 0 Å². The molecule has 8 nitrogen and oxygen atoms in total. The van der Waals surface area contributed by atoms with Gasteiger partial charge in [-0.05, 0) is 65.6 Å². The SMILES string of the molecule is CC(C)(C)c1ccc(-c2ccccc2)nc1-c1ccccc1.CC(C)(C)c1cccc(-n2c3ccccc3c3ccccc32)n1.CC(C)(C)c1ccnc(-c2ccccc2)n1.CC(C)(C)c1ccnc(-n2c3ccccc3c3ccccc32)n1. The molecule has 6 heterocycles. The molecule has 0 N–H and O–H groups in total. The Hall–Kier alpha value is -9.40. The Morgan fingerprint density at radius 3 is 1.17 bits per heavy atom. The third-order valence-electron chi connectivity index (χ3n) is 14.8. The van der Waals surface area contributed by atoms with Crippen LogP contribution in [0.1, 0.15) is 106 Å². The van der Waals surface area contributed by atoms with Crippen LogP contribution in [0.3, 0.4) is 0 Å². The molecule has 0 aliphatic carbocycles. The van der Waals surface area contributed by atoms with Gasteiger partial charge < -0.3 is 0 Å². The minimum atomic E-state index is -0.00352. The fourth-order valence-electron chi connectivity index (χ4n) is 10.3. The maximum absolute atomic E-state index is 4.98. The zero-order valence-corrected chi connectivity index (χ0v) is 50.7. The van der Waals surface area contributed by atoms with Crippen LogP contribution in [-0.2, 0) is 21.7 Å². The molecule has 0 saturated carbocycles. The molecule has 0 aliphatic heterocycles. The first-order valence-electron chi connectivity index (χ1n) is 29.0. The maximum atomic E-state index is 4.98. The van der Waals surface area contributed by atoms with E-state index in [0.29, 0.717) is 0 Å². The number of benzene rings is 7. The van der Waals surface area contributed by atoms with Crippen molar-refractivity contribution in [1.29, 1.82) is 0 Å². The highest BCUT2D eigenvalue weighted by Gasteiger charge is 2.23. The first-order valence-corrected chi connectivity index (χ1v) is 29.0. The van der Waals surface area contributed by atoms with E-state index in [1.807, 2.05) is 67.0 Å². The van der Waals surface area contributed by atoms with E-state index < -0.39 is 0 Å². The Morgan fingerprint density at radius 2 is 0.690 bits per heavy atom. The maximum Gasteiger partial charge on any atom is 0.234 e. The van der Waals surface area contributed by atoms with Gasteiger partial charge in [0.05, 0.1) is 39.1 Å². The van der Waals surface area contributed by atoms with E-state index in [9.17, 15) is 0 Å². The lowest BCUT2D eigenvalue weighted by Gasteiger charge is -2.23. The summed E-state index contributed by atoms with van der Waals surface area (Å²) in [5.41, 5.74) is 14.8. The number of nitrogens with zero attached hydrogens (tertiary/aromatic N) is 8. The monoisotopic (exact) mass is 1100 g/mol. The second-order valence-corrected chi connectivity index (χ2v) is 25.3. The fraction of sp³-hybridized carbons (Fsp3) is 0.211. The van der Waals surface area contributed by atoms with E-state index in [2.05, 4.69) is 283 Å². The molecule has 8 heteroatoms. The molecule has 13 aromatic rings. The van der Waals surface area contributed by atoms with Gasteiger partial charge in [0.1, 0.15) is 5.82 Å². The number of aromatic nitrogens is 8. The van der Waals surface area contributed by atoms with E-state index >= 15 is 0 Å². The summed E-state index contributed by atoms with van der Waals surface area (Å²) >= 11 is 0. The molecule has 13 rings (SSSR count). The minimum Gasteiger partial charge on any atom is -0.294 e. The molecule has 6 aromatic heterocycles. The van der Waals surface area contributed by atoms with Crippen LogP contribution in [0.2, 0.25) is 0 Å². The quantitative estimate of drug-likeness (QED) is 0.171. The molecule has 0 radical (unpaired) electrons. The fourth-order valence-corrected chi connectivity index (χ4v) is 10.3. The smallest absolute Gasteiger partial charge is 0.234 e. The standard InChI is InChI=1S/C21H20N2.C21H21N.C20H19N3.C14H16N2/c1-21(2,3)19-13-8-14-20(22-19)23-17-11-6-4-9-15(17)16-10-5-7-12-18(16)23;1-21(2,3)18-14-15-19(16-10-6-4-7-11-16)22-20(18)17-12-8-5-9-13-17;1-20(2,3)18-12-13-21-19(22-18)23-16-10-6-4-8-14(16)15-9-5-7-11-17(15)23;1-14(2,3)12-9-10-15-13(16-12)11-7-5-4-6-8-11/h4-14H,1-3H3;4-15H,1-3H3;4-13H,1-3H3;4-10H,1-3H3. The lowest BCUT2D eigenvalue weighted by atomic mass is 9.84. The van der Waals surface area contributed by atoms with Crippen molar-refractivity contribution in [2.75, 3.05) is 0 Å². The molecule has 0 bridgehead atoms. The van der Waals surface area contributed by atoms with Crippen molar-refractivity contribution >= 4 is 43.6 Å². The summed E-state index contributed by atoms with van der Waals surface area (Å²) in [4.78, 5) is 28.2. The second kappa shape index (κ2) is 24.2. The van der Waals surface area contributed by atoms with Crippen LogP contribution in [-0.4, -0.2) is 39.0 Å². The van der Waals surface area contributed by atoms with Crippen LogP contribution in [0.5, 0.6) is 0 Å². The highest BCUT2D eigenvalue weighted by atomic mass is 15.2. The molecule has 84 heavy (non-hydrogen) atoms. The molecule has 0 unspecified atom stereocenters. The topological polar surface area (TPSA) is 87.2 Å². The Morgan fingerprint density at radius 1 is 0.286 bits per heavy atom. The third kappa shape index (κ3) is 12.9. The van der Waals surface area contributed by atoms with Crippen LogP contribution < -0.4 is 0 Å². The predicted octanol–water partition coefficient (Wildman–Crippen LogP) is 19.5. The van der Waals surface area contributed by atoms with Gasteiger partial charge >= 0.3 is 0 Å². The summed E-state index contributed by atoms with van der Waals surface area (Å²) in [7, 11) is 0. The van der Waals surface area contributed by atoms with Gasteiger partial charge in [0, 0.05) is 78.3 Å². The van der Waals surface area contributed by atoms with E-state index in [-0.39, 0.29) is 21.7 Å². The third-order valence-corrected chi connectivity index (χ3v) is 14.8. The zero-order chi connectivity index (χ0) is 59.2. The van der Waals surface area contributed by atoms with Crippen LogP contribution in [0.25, 0.3) is 89.3 Å². The van der Waals surface area contributed by atoms with Crippen LogP contribution >= 0.6 is 0 Å². The summed E-state index contributed by atoms with van der Waals surface area (Å²) in [5.74, 6) is 2.51. The Kier molecular flexibility index (Phi) is 16.7. The lowest BCUT2D eigenvalue weighted by molar-refractivity contribution is 0.565. The number of hydrogen-bond donors (Lipinski definition) is 0. The zero-order valence-electron chi connectivity index (χ0n) is 50.7. The highest BCUT2D eigenvalue weighted by molar-refractivity contribution is 6.10. The largest absolute Gasteiger partial charge is 0.294 e. The molecule has 0 atom stereocenters. The molecule has 7 aromatic carbocycles. The van der Waals surface area contributed by atoms with Crippen LogP contribution in [0.4, 0.5) is 0 Å². The molecule has 420 valence electrons. The van der Waals surface area contributed by atoms with Gasteiger partial charge in [-0.2, -0.15) is 0 Å². The van der Waals surface area contributed by atoms with Crippen molar-refractivity contribution < 1.29 is 0 Å². The van der Waals surface area contributed by atoms with Gasteiger partial charge in [-0.25, -0.2) is 29.9 Å². The molecule has 0 amide bonds. The molecule has 0 fully saturated rings. The predicted molar refractivity (Wildman–Crippen MR) is 352 cm³/mol. The molecule has 0 spiro atoms. The van der Waals surface area contributed by atoms with E-state index in [1.165, 1.54) is 43.7 Å². The number of pyridine rings is 2. The summed E-state index contributed by atoms with van der Waals surface area (Å²) < 4.78 is 4.42. The Labute approximate surface area is 496 Å². The van der Waals surface area contributed by atoms with Gasteiger partial charge in [0.15, 0.2) is 5.82 Å². The summed E-state index contributed by atoms with van der Waals surface area (Å²) in [6.45, 7) is 26.3. The van der Waals surface area contributed by atoms with Crippen LogP contribution in [0.15, 0.2) is 243 Å². The van der Waals surface area contributed by atoms with Gasteiger partial charge in [-0.3, -0.25) is 9.13 Å². The molecular weight excluding hydrogens is 1020 g/mol. The average molecular weight is 1100 g/mol.